The summed E-state index contributed by atoms with van der Waals surface area (Å²) in [7, 11) is 0. The Bertz CT molecular complexity index is 239. The second-order valence-corrected chi connectivity index (χ2v) is 2.46. The molecule has 13 heavy (non-hydrogen) atoms. The van der Waals surface area contributed by atoms with Gasteiger partial charge in [0.25, 0.3) is 0 Å². The summed E-state index contributed by atoms with van der Waals surface area (Å²) >= 11 is 0. The molecule has 0 saturated carbocycles. The number of hydrogen-bond acceptors (Lipinski definition) is 5. The van der Waals surface area contributed by atoms with Crippen LogP contribution in [0.1, 0.15) is 19.8 Å². The highest BCUT2D eigenvalue weighted by Gasteiger charge is 2.13. The zero-order valence-corrected chi connectivity index (χ0v) is 7.49. The van der Waals surface area contributed by atoms with E-state index in [0.717, 1.165) is 4.90 Å². The molecule has 1 unspecified atom stereocenters. The van der Waals surface area contributed by atoms with Crippen LogP contribution in [0.4, 0.5) is 0 Å². The van der Waals surface area contributed by atoms with Gasteiger partial charge in [0.05, 0.1) is 6.04 Å². The lowest BCUT2D eigenvalue weighted by atomic mass is 10.1. The molecule has 0 bridgehead atoms. The first-order valence-electron chi connectivity index (χ1n) is 4.00. The maximum atomic E-state index is 8.55. The zero-order valence-electron chi connectivity index (χ0n) is 7.49. The number of rotatable bonds is 5. The van der Waals surface area contributed by atoms with Crippen molar-refractivity contribution in [3.05, 3.63) is 0 Å². The van der Waals surface area contributed by atoms with E-state index in [1.165, 1.54) is 0 Å². The van der Waals surface area contributed by atoms with E-state index in [9.17, 15) is 0 Å². The topological polar surface area (TPSA) is 86.6 Å². The molecule has 0 spiro atoms. The number of nitrogens with one attached hydrogen (secondary N) is 1. The van der Waals surface area contributed by atoms with Crippen molar-refractivity contribution in [1.29, 1.82) is 15.8 Å². The van der Waals surface area contributed by atoms with Crippen LogP contribution in [0, 0.1) is 34.4 Å². The minimum absolute atomic E-state index is 0.101. The van der Waals surface area contributed by atoms with Crippen molar-refractivity contribution >= 4 is 0 Å². The lowest BCUT2D eigenvalue weighted by Crippen LogP contribution is -2.29. The molecule has 0 radical (unpaired) electrons. The van der Waals surface area contributed by atoms with Crippen molar-refractivity contribution in [2.24, 2.45) is 0 Å². The average Bonchev–Trinajstić information content (AvgIpc) is 2.17. The van der Waals surface area contributed by atoms with E-state index in [0.29, 0.717) is 19.4 Å². The first-order chi connectivity index (χ1) is 6.29. The van der Waals surface area contributed by atoms with Gasteiger partial charge in [0.2, 0.25) is 0 Å². The van der Waals surface area contributed by atoms with Crippen molar-refractivity contribution < 1.29 is 0 Å². The molecule has 0 amide bonds. The molecule has 0 heterocycles. The Morgan fingerprint density at radius 2 is 1.92 bits per heavy atom. The standard InChI is InChI=1S/C8H11N5/c1-2-8(3-4-12-5-9)13(6-10)7-11/h8,12H,2-4H2,1H3. The molecule has 68 valence electrons. The third kappa shape index (κ3) is 3.84. The van der Waals surface area contributed by atoms with E-state index in [1.54, 1.807) is 18.6 Å². The average molecular weight is 177 g/mol. The summed E-state index contributed by atoms with van der Waals surface area (Å²) in [6.45, 7) is 2.40. The van der Waals surface area contributed by atoms with Crippen LogP contribution in [0.2, 0.25) is 0 Å². The molecule has 0 aliphatic carbocycles. The summed E-state index contributed by atoms with van der Waals surface area (Å²) in [4.78, 5) is 1.05. The van der Waals surface area contributed by atoms with Crippen LogP contribution in [0.3, 0.4) is 0 Å². The first-order valence-corrected chi connectivity index (χ1v) is 4.00. The fraction of sp³-hybridized carbons (Fsp3) is 0.625. The summed E-state index contributed by atoms with van der Waals surface area (Å²) in [6, 6.07) is -0.101. The molecular weight excluding hydrogens is 166 g/mol. The summed E-state index contributed by atoms with van der Waals surface area (Å²) in [5.41, 5.74) is 0. The number of nitriles is 3. The molecule has 0 aliphatic rings. The van der Waals surface area contributed by atoms with Crippen molar-refractivity contribution in [3.8, 4) is 18.6 Å². The quantitative estimate of drug-likeness (QED) is 0.375. The highest BCUT2D eigenvalue weighted by Crippen LogP contribution is 2.05. The van der Waals surface area contributed by atoms with E-state index >= 15 is 0 Å². The Kier molecular flexibility index (Phi) is 5.76. The van der Waals surface area contributed by atoms with Crippen LogP contribution in [-0.4, -0.2) is 17.5 Å². The van der Waals surface area contributed by atoms with E-state index < -0.39 is 0 Å². The SMILES string of the molecule is CCC(CCNC#N)N(C#N)C#N. The third-order valence-electron chi connectivity index (χ3n) is 1.73. The fourth-order valence-electron chi connectivity index (χ4n) is 0.996. The molecule has 0 rings (SSSR count). The Morgan fingerprint density at radius 3 is 2.31 bits per heavy atom. The molecule has 0 aliphatic heterocycles. The van der Waals surface area contributed by atoms with Crippen LogP contribution in [0.15, 0.2) is 0 Å². The maximum absolute atomic E-state index is 8.55. The van der Waals surface area contributed by atoms with Gasteiger partial charge in [-0.15, -0.1) is 0 Å². The normalized spacial score (nSPS) is 10.3. The minimum atomic E-state index is -0.101. The Hall–Kier alpha value is -1.93. The van der Waals surface area contributed by atoms with Gasteiger partial charge >= 0.3 is 0 Å². The summed E-state index contributed by atoms with van der Waals surface area (Å²) in [5.74, 6) is 0. The largest absolute Gasteiger partial charge is 0.324 e. The van der Waals surface area contributed by atoms with Crippen molar-refractivity contribution in [1.82, 2.24) is 10.2 Å². The molecule has 0 fully saturated rings. The van der Waals surface area contributed by atoms with E-state index in [-0.39, 0.29) is 6.04 Å². The van der Waals surface area contributed by atoms with E-state index in [4.69, 9.17) is 15.8 Å². The van der Waals surface area contributed by atoms with Gasteiger partial charge in [0.15, 0.2) is 18.6 Å². The molecule has 1 N–H and O–H groups in total. The minimum Gasteiger partial charge on any atom is -0.324 e. The molecule has 0 aromatic heterocycles. The van der Waals surface area contributed by atoms with Gasteiger partial charge in [-0.1, -0.05) is 6.92 Å². The van der Waals surface area contributed by atoms with E-state index in [1.807, 2.05) is 6.92 Å². The molecule has 5 nitrogen and oxygen atoms in total. The highest BCUT2D eigenvalue weighted by atomic mass is 15.1. The maximum Gasteiger partial charge on any atom is 0.193 e. The van der Waals surface area contributed by atoms with E-state index in [2.05, 4.69) is 5.32 Å². The Morgan fingerprint density at radius 1 is 1.31 bits per heavy atom. The van der Waals surface area contributed by atoms with Crippen molar-refractivity contribution in [2.75, 3.05) is 6.54 Å². The third-order valence-corrected chi connectivity index (χ3v) is 1.73. The van der Waals surface area contributed by atoms with Crippen LogP contribution in [0.25, 0.3) is 0 Å². The van der Waals surface area contributed by atoms with Crippen LogP contribution < -0.4 is 5.32 Å². The number of hydrogen-bond donors (Lipinski definition) is 1. The predicted molar refractivity (Wildman–Crippen MR) is 45.4 cm³/mol. The summed E-state index contributed by atoms with van der Waals surface area (Å²) in [5, 5.41) is 27.8. The Balaban J connectivity index is 3.98. The smallest absolute Gasteiger partial charge is 0.193 e. The Labute approximate surface area is 77.8 Å². The van der Waals surface area contributed by atoms with Crippen LogP contribution in [-0.2, 0) is 0 Å². The monoisotopic (exact) mass is 177 g/mol. The van der Waals surface area contributed by atoms with Gasteiger partial charge in [-0.25, -0.2) is 4.90 Å². The van der Waals surface area contributed by atoms with Gasteiger partial charge in [-0.2, -0.15) is 15.8 Å². The van der Waals surface area contributed by atoms with Gasteiger partial charge in [0, 0.05) is 6.54 Å². The lowest BCUT2D eigenvalue weighted by Gasteiger charge is -2.17. The molecule has 0 aromatic carbocycles. The van der Waals surface area contributed by atoms with Crippen molar-refractivity contribution in [3.63, 3.8) is 0 Å². The fourth-order valence-corrected chi connectivity index (χ4v) is 0.996. The molecule has 0 aromatic rings. The number of nitrogens with zero attached hydrogens (tertiary/aromatic N) is 4. The van der Waals surface area contributed by atoms with Gasteiger partial charge in [-0.05, 0) is 12.8 Å². The van der Waals surface area contributed by atoms with Gasteiger partial charge in [-0.3, -0.25) is 0 Å². The molecule has 1 atom stereocenters. The summed E-state index contributed by atoms with van der Waals surface area (Å²) < 4.78 is 0. The molecule has 0 saturated heterocycles. The van der Waals surface area contributed by atoms with Crippen LogP contribution >= 0.6 is 0 Å². The van der Waals surface area contributed by atoms with Gasteiger partial charge in [0.1, 0.15) is 0 Å². The first kappa shape index (κ1) is 11.1. The molecular formula is C8H11N5. The van der Waals surface area contributed by atoms with Crippen LogP contribution in [0.5, 0.6) is 0 Å². The molecule has 5 heteroatoms. The second kappa shape index (κ2) is 6.76. The summed E-state index contributed by atoms with van der Waals surface area (Å²) in [6.07, 6.45) is 6.70. The van der Waals surface area contributed by atoms with Gasteiger partial charge < -0.3 is 5.32 Å². The van der Waals surface area contributed by atoms with Crippen molar-refractivity contribution in [2.45, 2.75) is 25.8 Å². The lowest BCUT2D eigenvalue weighted by molar-refractivity contribution is 0.357. The highest BCUT2D eigenvalue weighted by molar-refractivity contribution is 4.92. The predicted octanol–water partition coefficient (Wildman–Crippen LogP) is 0.490. The zero-order chi connectivity index (χ0) is 10.1. The second-order valence-electron chi connectivity index (χ2n) is 2.46.